The lowest BCUT2D eigenvalue weighted by atomic mass is 10.1. The van der Waals surface area contributed by atoms with Crippen molar-refractivity contribution in [2.24, 2.45) is 0 Å². The molecule has 5 heteroatoms. The fourth-order valence-corrected chi connectivity index (χ4v) is 3.42. The highest BCUT2D eigenvalue weighted by atomic mass is 16.5. The van der Waals surface area contributed by atoms with Gasteiger partial charge in [0.1, 0.15) is 42.3 Å². The van der Waals surface area contributed by atoms with Crippen LogP contribution in [0.2, 0.25) is 0 Å². The van der Waals surface area contributed by atoms with Crippen LogP contribution in [0.4, 0.5) is 0 Å². The van der Waals surface area contributed by atoms with E-state index in [0.717, 1.165) is 16.7 Å². The molecule has 5 nitrogen and oxygen atoms in total. The molecule has 0 aliphatic rings. The van der Waals surface area contributed by atoms with Crippen molar-refractivity contribution >= 4 is 6.08 Å². The van der Waals surface area contributed by atoms with Crippen LogP contribution in [-0.2, 0) is 13.2 Å². The van der Waals surface area contributed by atoms with Crippen LogP contribution in [0.5, 0.6) is 23.0 Å². The van der Waals surface area contributed by atoms with Crippen LogP contribution in [0, 0.1) is 0 Å². The third kappa shape index (κ3) is 6.18. The first-order chi connectivity index (χ1) is 16.6. The molecule has 0 fully saturated rings. The lowest BCUT2D eigenvalue weighted by Gasteiger charge is -2.13. The molecule has 172 valence electrons. The van der Waals surface area contributed by atoms with E-state index in [-0.39, 0.29) is 11.5 Å². The van der Waals surface area contributed by atoms with E-state index in [1.54, 1.807) is 12.2 Å². The molecule has 0 heterocycles. The Morgan fingerprint density at radius 2 is 1.35 bits per heavy atom. The highest BCUT2D eigenvalue weighted by Gasteiger charge is 2.11. The molecule has 0 bridgehead atoms. The van der Waals surface area contributed by atoms with Crippen LogP contribution in [-0.4, -0.2) is 15.3 Å². The maximum absolute atomic E-state index is 10.5. The standard InChI is InChI=1S/C29H26O5/c30-24-13-15-26(28(32)17-24)27(31)16-12-23-11-14-25(33-19-21-7-3-1-4-8-21)18-29(23)34-20-22-9-5-2-6-10-22/h1-18,27,30-32H,19-20H2. The van der Waals surface area contributed by atoms with E-state index in [4.69, 9.17) is 9.47 Å². The van der Waals surface area contributed by atoms with Crippen LogP contribution in [0.25, 0.3) is 6.08 Å². The van der Waals surface area contributed by atoms with Crippen molar-refractivity contribution in [3.05, 3.63) is 125 Å². The second-order valence-corrected chi connectivity index (χ2v) is 7.80. The number of hydrogen-bond acceptors (Lipinski definition) is 5. The minimum atomic E-state index is -1.06. The quantitative estimate of drug-likeness (QED) is 0.289. The van der Waals surface area contributed by atoms with Crippen molar-refractivity contribution < 1.29 is 24.8 Å². The minimum Gasteiger partial charge on any atom is -0.508 e. The summed E-state index contributed by atoms with van der Waals surface area (Å²) in [5, 5.41) is 30.0. The monoisotopic (exact) mass is 454 g/mol. The molecular formula is C29H26O5. The molecule has 34 heavy (non-hydrogen) atoms. The Bertz CT molecular complexity index is 1240. The molecular weight excluding hydrogens is 428 g/mol. The van der Waals surface area contributed by atoms with Crippen LogP contribution in [0.3, 0.4) is 0 Å². The molecule has 4 rings (SSSR count). The normalized spacial score (nSPS) is 11.9. The highest BCUT2D eigenvalue weighted by molar-refractivity contribution is 5.60. The van der Waals surface area contributed by atoms with Gasteiger partial charge in [-0.25, -0.2) is 0 Å². The van der Waals surface area contributed by atoms with Gasteiger partial charge in [0, 0.05) is 23.3 Å². The molecule has 4 aromatic rings. The zero-order valence-corrected chi connectivity index (χ0v) is 18.5. The lowest BCUT2D eigenvalue weighted by Crippen LogP contribution is -1.99. The molecule has 0 aromatic heterocycles. The number of phenolic OH excluding ortho intramolecular Hbond substituents is 2. The molecule has 1 atom stereocenters. The molecule has 0 saturated carbocycles. The lowest BCUT2D eigenvalue weighted by molar-refractivity contribution is 0.224. The Morgan fingerprint density at radius 3 is 2.00 bits per heavy atom. The van der Waals surface area contributed by atoms with Gasteiger partial charge in [-0.2, -0.15) is 0 Å². The van der Waals surface area contributed by atoms with Crippen molar-refractivity contribution in [2.45, 2.75) is 19.3 Å². The van der Waals surface area contributed by atoms with Gasteiger partial charge in [-0.15, -0.1) is 0 Å². The summed E-state index contributed by atoms with van der Waals surface area (Å²) in [6, 6.07) is 29.4. The SMILES string of the molecule is Oc1ccc(C(O)C=Cc2ccc(OCc3ccccc3)cc2OCc2ccccc2)c(O)c1. The molecule has 0 saturated heterocycles. The first-order valence-electron chi connectivity index (χ1n) is 10.9. The van der Waals surface area contributed by atoms with Crippen molar-refractivity contribution in [3.63, 3.8) is 0 Å². The van der Waals surface area contributed by atoms with Gasteiger partial charge in [-0.05, 0) is 35.4 Å². The Balaban J connectivity index is 1.54. The van der Waals surface area contributed by atoms with Crippen molar-refractivity contribution in [3.8, 4) is 23.0 Å². The van der Waals surface area contributed by atoms with Crippen LogP contribution >= 0.6 is 0 Å². The largest absolute Gasteiger partial charge is 0.508 e. The smallest absolute Gasteiger partial charge is 0.130 e. The first kappa shape index (κ1) is 23.0. The minimum absolute atomic E-state index is 0.0693. The van der Waals surface area contributed by atoms with E-state index < -0.39 is 6.10 Å². The number of hydrogen-bond donors (Lipinski definition) is 3. The van der Waals surface area contributed by atoms with Crippen molar-refractivity contribution in [1.82, 2.24) is 0 Å². The van der Waals surface area contributed by atoms with E-state index >= 15 is 0 Å². The van der Waals surface area contributed by atoms with Crippen molar-refractivity contribution in [2.75, 3.05) is 0 Å². The third-order valence-electron chi connectivity index (χ3n) is 5.26. The van der Waals surface area contributed by atoms with Gasteiger partial charge < -0.3 is 24.8 Å². The van der Waals surface area contributed by atoms with Gasteiger partial charge in [0.15, 0.2) is 0 Å². The molecule has 0 aliphatic carbocycles. The molecule has 0 spiro atoms. The number of aromatic hydroxyl groups is 2. The van der Waals surface area contributed by atoms with Crippen LogP contribution in [0.15, 0.2) is 103 Å². The van der Waals surface area contributed by atoms with Crippen LogP contribution < -0.4 is 9.47 Å². The highest BCUT2D eigenvalue weighted by Crippen LogP contribution is 2.31. The summed E-state index contributed by atoms with van der Waals surface area (Å²) in [7, 11) is 0. The molecule has 0 aliphatic heterocycles. The van der Waals surface area contributed by atoms with Gasteiger partial charge in [-0.1, -0.05) is 72.8 Å². The van der Waals surface area contributed by atoms with E-state index in [2.05, 4.69) is 0 Å². The maximum Gasteiger partial charge on any atom is 0.130 e. The number of ether oxygens (including phenoxy) is 2. The number of phenols is 2. The molecule has 0 radical (unpaired) electrons. The molecule has 3 N–H and O–H groups in total. The number of benzene rings is 4. The fraction of sp³-hybridized carbons (Fsp3) is 0.103. The van der Waals surface area contributed by atoms with E-state index in [9.17, 15) is 15.3 Å². The Morgan fingerprint density at radius 1 is 0.706 bits per heavy atom. The van der Waals surface area contributed by atoms with Gasteiger partial charge in [0.05, 0.1) is 0 Å². The summed E-state index contributed by atoms with van der Waals surface area (Å²) < 4.78 is 12.0. The predicted molar refractivity (Wildman–Crippen MR) is 132 cm³/mol. The van der Waals surface area contributed by atoms with E-state index in [0.29, 0.717) is 30.3 Å². The summed E-state index contributed by atoms with van der Waals surface area (Å²) in [6.45, 7) is 0.818. The average Bonchev–Trinajstić information content (AvgIpc) is 2.86. The van der Waals surface area contributed by atoms with Gasteiger partial charge >= 0.3 is 0 Å². The molecule has 1 unspecified atom stereocenters. The first-order valence-corrected chi connectivity index (χ1v) is 10.9. The van der Waals surface area contributed by atoms with Crippen molar-refractivity contribution in [1.29, 1.82) is 0 Å². The number of aliphatic hydroxyl groups is 1. The van der Waals surface area contributed by atoms with Crippen LogP contribution in [0.1, 0.15) is 28.4 Å². The summed E-state index contributed by atoms with van der Waals surface area (Å²) in [6.07, 6.45) is 2.23. The van der Waals surface area contributed by atoms with Gasteiger partial charge in [0.25, 0.3) is 0 Å². The van der Waals surface area contributed by atoms with E-state index in [1.165, 1.54) is 18.2 Å². The van der Waals surface area contributed by atoms with Gasteiger partial charge in [0.2, 0.25) is 0 Å². The maximum atomic E-state index is 10.5. The summed E-state index contributed by atoms with van der Waals surface area (Å²) >= 11 is 0. The Kier molecular flexibility index (Phi) is 7.48. The van der Waals surface area contributed by atoms with E-state index in [1.807, 2.05) is 78.9 Å². The average molecular weight is 455 g/mol. The second kappa shape index (κ2) is 11.1. The summed E-state index contributed by atoms with van der Waals surface area (Å²) in [5.41, 5.74) is 3.14. The third-order valence-corrected chi connectivity index (χ3v) is 5.26. The second-order valence-electron chi connectivity index (χ2n) is 7.80. The van der Waals surface area contributed by atoms with Gasteiger partial charge in [-0.3, -0.25) is 0 Å². The summed E-state index contributed by atoms with van der Waals surface area (Å²) in [5.74, 6) is 1.02. The predicted octanol–water partition coefficient (Wildman–Crippen LogP) is 6.00. The fourth-order valence-electron chi connectivity index (χ4n) is 3.42. The number of rotatable bonds is 9. The summed E-state index contributed by atoms with van der Waals surface area (Å²) in [4.78, 5) is 0. The number of aliphatic hydroxyl groups excluding tert-OH is 1. The molecule has 4 aromatic carbocycles. The zero-order valence-electron chi connectivity index (χ0n) is 18.5. The molecule has 0 amide bonds. The Hall–Kier alpha value is -4.22. The Labute approximate surface area is 198 Å². The zero-order chi connectivity index (χ0) is 23.8. The topological polar surface area (TPSA) is 79.2 Å².